The summed E-state index contributed by atoms with van der Waals surface area (Å²) in [4.78, 5) is 12.8. The summed E-state index contributed by atoms with van der Waals surface area (Å²) in [5.41, 5.74) is 0.905. The van der Waals surface area contributed by atoms with E-state index in [0.29, 0.717) is 25.9 Å². The first kappa shape index (κ1) is 22.7. The van der Waals surface area contributed by atoms with E-state index in [1.807, 2.05) is 45.0 Å². The van der Waals surface area contributed by atoms with E-state index in [4.69, 9.17) is 4.74 Å². The highest BCUT2D eigenvalue weighted by Gasteiger charge is 2.48. The van der Waals surface area contributed by atoms with Gasteiger partial charge in [-0.15, -0.1) is 12.4 Å². The summed E-state index contributed by atoms with van der Waals surface area (Å²) in [7, 11) is -3.51. The van der Waals surface area contributed by atoms with Crippen molar-refractivity contribution in [2.24, 2.45) is 0 Å². The second-order valence-electron chi connectivity index (χ2n) is 6.95. The van der Waals surface area contributed by atoms with Crippen LogP contribution >= 0.6 is 12.4 Å². The number of hydrogen-bond donors (Lipinski definition) is 2. The Bertz CT molecular complexity index is 698. The Morgan fingerprint density at radius 2 is 1.69 bits per heavy atom. The molecule has 1 fully saturated rings. The van der Waals surface area contributed by atoms with Gasteiger partial charge >= 0.3 is 0 Å². The standard InChI is InChI=1S/C18H28N2O4S.ClH/c1-13(2)24-16-7-5-15(6-8-16)14(3)20-17(21)18(25(4,22)23)9-11-19-12-10-18;/h5-8,13-14,19H,9-12H2,1-4H3,(H,20,21);1H. The zero-order chi connectivity index (χ0) is 18.7. The molecule has 2 rings (SSSR count). The van der Waals surface area contributed by atoms with Crippen LogP contribution in [0, 0.1) is 0 Å². The first-order valence-electron chi connectivity index (χ1n) is 8.63. The van der Waals surface area contributed by atoms with Crippen LogP contribution in [-0.2, 0) is 14.6 Å². The fraction of sp³-hybridized carbons (Fsp3) is 0.611. The molecule has 0 saturated carbocycles. The summed E-state index contributed by atoms with van der Waals surface area (Å²) >= 11 is 0. The van der Waals surface area contributed by atoms with Crippen LogP contribution < -0.4 is 15.4 Å². The van der Waals surface area contributed by atoms with Crippen molar-refractivity contribution in [1.29, 1.82) is 0 Å². The van der Waals surface area contributed by atoms with E-state index >= 15 is 0 Å². The lowest BCUT2D eigenvalue weighted by atomic mass is 9.95. The van der Waals surface area contributed by atoms with E-state index in [2.05, 4.69) is 10.6 Å². The summed E-state index contributed by atoms with van der Waals surface area (Å²) in [6, 6.07) is 7.20. The van der Waals surface area contributed by atoms with Crippen molar-refractivity contribution in [2.45, 2.75) is 50.5 Å². The predicted molar refractivity (Wildman–Crippen MR) is 106 cm³/mol. The minimum Gasteiger partial charge on any atom is -0.491 e. The molecule has 26 heavy (non-hydrogen) atoms. The van der Waals surface area contributed by atoms with Crippen LogP contribution in [0.25, 0.3) is 0 Å². The third-order valence-corrected chi connectivity index (χ3v) is 6.65. The average Bonchev–Trinajstić information content (AvgIpc) is 2.54. The van der Waals surface area contributed by atoms with Gasteiger partial charge < -0.3 is 15.4 Å². The number of hydrogen-bond acceptors (Lipinski definition) is 5. The van der Waals surface area contributed by atoms with E-state index in [1.54, 1.807) is 0 Å². The van der Waals surface area contributed by atoms with Gasteiger partial charge in [-0.1, -0.05) is 12.1 Å². The maximum absolute atomic E-state index is 12.8. The van der Waals surface area contributed by atoms with E-state index in [0.717, 1.165) is 17.6 Å². The first-order valence-corrected chi connectivity index (χ1v) is 10.5. The lowest BCUT2D eigenvalue weighted by Gasteiger charge is -2.35. The minimum atomic E-state index is -3.51. The normalized spacial score (nSPS) is 17.9. The number of carbonyl (C=O) groups is 1. The molecule has 1 unspecified atom stereocenters. The molecule has 1 aliphatic heterocycles. The summed E-state index contributed by atoms with van der Waals surface area (Å²) in [5.74, 6) is 0.356. The number of sulfone groups is 1. The Morgan fingerprint density at radius 3 is 2.15 bits per heavy atom. The molecule has 1 saturated heterocycles. The summed E-state index contributed by atoms with van der Waals surface area (Å²) < 4.78 is 28.9. The molecule has 1 heterocycles. The van der Waals surface area contributed by atoms with Crippen LogP contribution in [0.1, 0.15) is 45.2 Å². The first-order chi connectivity index (χ1) is 11.7. The third kappa shape index (κ3) is 5.11. The summed E-state index contributed by atoms with van der Waals surface area (Å²) in [5, 5.41) is 6.00. The number of carbonyl (C=O) groups excluding carboxylic acids is 1. The monoisotopic (exact) mass is 404 g/mol. The van der Waals surface area contributed by atoms with Gasteiger partial charge in [-0.25, -0.2) is 8.42 Å². The number of benzene rings is 1. The summed E-state index contributed by atoms with van der Waals surface area (Å²) in [6.07, 6.45) is 1.84. The molecule has 0 radical (unpaired) electrons. The predicted octanol–water partition coefficient (Wildman–Crippen LogP) is 2.24. The molecular formula is C18H29ClN2O4S. The maximum atomic E-state index is 12.8. The topological polar surface area (TPSA) is 84.5 Å². The van der Waals surface area contributed by atoms with Crippen LogP contribution in [0.15, 0.2) is 24.3 Å². The molecule has 1 atom stereocenters. The van der Waals surface area contributed by atoms with E-state index in [1.165, 1.54) is 0 Å². The average molecular weight is 405 g/mol. The quantitative estimate of drug-likeness (QED) is 0.759. The van der Waals surface area contributed by atoms with E-state index < -0.39 is 20.5 Å². The van der Waals surface area contributed by atoms with Crippen LogP contribution in [0.5, 0.6) is 5.75 Å². The number of nitrogens with one attached hydrogen (secondary N) is 2. The number of ether oxygens (including phenoxy) is 1. The lowest BCUT2D eigenvalue weighted by Crippen LogP contribution is -2.57. The largest absolute Gasteiger partial charge is 0.491 e. The highest BCUT2D eigenvalue weighted by atomic mass is 35.5. The molecule has 0 spiro atoms. The van der Waals surface area contributed by atoms with Crippen molar-refractivity contribution >= 4 is 28.2 Å². The fourth-order valence-corrected chi connectivity index (χ4v) is 4.46. The molecule has 148 valence electrons. The molecule has 1 aromatic carbocycles. The molecule has 0 aromatic heterocycles. The number of piperidine rings is 1. The zero-order valence-corrected chi connectivity index (χ0v) is 17.4. The van der Waals surface area contributed by atoms with Crippen molar-refractivity contribution in [3.63, 3.8) is 0 Å². The maximum Gasteiger partial charge on any atom is 0.242 e. The van der Waals surface area contributed by atoms with Crippen molar-refractivity contribution in [2.75, 3.05) is 19.3 Å². The SMILES string of the molecule is CC(C)Oc1ccc(C(C)NC(=O)C2(S(C)(=O)=O)CCNCC2)cc1.Cl. The Labute approximate surface area is 162 Å². The fourth-order valence-electron chi connectivity index (χ4n) is 3.12. The number of rotatable bonds is 6. The van der Waals surface area contributed by atoms with Gasteiger partial charge in [0, 0.05) is 6.26 Å². The second-order valence-corrected chi connectivity index (χ2v) is 9.27. The van der Waals surface area contributed by atoms with Gasteiger partial charge in [0.05, 0.1) is 12.1 Å². The minimum absolute atomic E-state index is 0. The Morgan fingerprint density at radius 1 is 1.15 bits per heavy atom. The van der Waals surface area contributed by atoms with Crippen molar-refractivity contribution in [1.82, 2.24) is 10.6 Å². The van der Waals surface area contributed by atoms with Crippen LogP contribution in [0.2, 0.25) is 0 Å². The third-order valence-electron chi connectivity index (χ3n) is 4.63. The van der Waals surface area contributed by atoms with E-state index in [9.17, 15) is 13.2 Å². The van der Waals surface area contributed by atoms with Gasteiger partial charge in [0.1, 0.15) is 5.75 Å². The van der Waals surface area contributed by atoms with E-state index in [-0.39, 0.29) is 24.6 Å². The summed E-state index contributed by atoms with van der Waals surface area (Å²) in [6.45, 7) is 6.82. The Balaban J connectivity index is 0.00000338. The van der Waals surface area contributed by atoms with Crippen LogP contribution in [0.4, 0.5) is 0 Å². The van der Waals surface area contributed by atoms with Crippen molar-refractivity contribution in [3.8, 4) is 5.75 Å². The molecule has 1 aromatic rings. The smallest absolute Gasteiger partial charge is 0.242 e. The molecule has 1 amide bonds. The van der Waals surface area contributed by atoms with Crippen LogP contribution in [-0.4, -0.2) is 44.5 Å². The molecule has 8 heteroatoms. The highest BCUT2D eigenvalue weighted by Crippen LogP contribution is 2.29. The van der Waals surface area contributed by atoms with Crippen molar-refractivity contribution in [3.05, 3.63) is 29.8 Å². The zero-order valence-electron chi connectivity index (χ0n) is 15.7. The van der Waals surface area contributed by atoms with Gasteiger partial charge in [0.15, 0.2) is 14.6 Å². The van der Waals surface area contributed by atoms with Crippen molar-refractivity contribution < 1.29 is 17.9 Å². The van der Waals surface area contributed by atoms with Gasteiger partial charge in [-0.2, -0.15) is 0 Å². The molecule has 6 nitrogen and oxygen atoms in total. The molecule has 0 aliphatic carbocycles. The second kappa shape index (κ2) is 9.06. The van der Waals surface area contributed by atoms with Crippen LogP contribution in [0.3, 0.4) is 0 Å². The molecule has 2 N–H and O–H groups in total. The highest BCUT2D eigenvalue weighted by molar-refractivity contribution is 7.92. The Hall–Kier alpha value is -1.31. The van der Waals surface area contributed by atoms with Gasteiger partial charge in [0.25, 0.3) is 0 Å². The molecular weight excluding hydrogens is 376 g/mol. The molecule has 1 aliphatic rings. The number of amides is 1. The van der Waals surface area contributed by atoms with Gasteiger partial charge in [0.2, 0.25) is 5.91 Å². The lowest BCUT2D eigenvalue weighted by molar-refractivity contribution is -0.125. The van der Waals surface area contributed by atoms with Gasteiger partial charge in [-0.3, -0.25) is 4.79 Å². The van der Waals surface area contributed by atoms with Gasteiger partial charge in [-0.05, 0) is 64.4 Å². The Kier molecular flexibility index (Phi) is 7.92. The molecule has 0 bridgehead atoms. The number of halogens is 1.